The maximum Gasteiger partial charge on any atom is 0.329 e. The summed E-state index contributed by atoms with van der Waals surface area (Å²) in [5.41, 5.74) is -0.341. The Bertz CT molecular complexity index is 3530. The molecule has 2 N–H and O–H groups in total. The maximum absolute atomic E-state index is 14.8. The molecule has 25 nitrogen and oxygen atoms in total. The number of aliphatic hydroxyl groups is 2. The fourth-order valence-corrected chi connectivity index (χ4v) is 18.4. The highest BCUT2D eigenvalue weighted by atomic mass is 16.6. The minimum atomic E-state index is -2.51. The number of carbonyl (C=O) groups excluding carboxylic acids is 11. The second-order valence-corrected chi connectivity index (χ2v) is 32.5. The summed E-state index contributed by atoms with van der Waals surface area (Å²) < 4.78 is 60.2. The van der Waals surface area contributed by atoms with Gasteiger partial charge in [0.25, 0.3) is 11.7 Å². The third kappa shape index (κ3) is 20.0. The van der Waals surface area contributed by atoms with Gasteiger partial charge in [-0.2, -0.15) is 0 Å². The number of rotatable bonds is 20. The standard InChI is InChI=1S/C84H122N2O23/c1-17-85(18-2)45-57-71-76(94)75(93)70-58-34-36-66(82(58,11)44-65(104-54(10)87)72(70)83(71,12)67(46-100-13)108-80(57)97)107-69(90)30-23-22-29-68(89)105-61-35-32-55(41-64(61)102-15)40-50(6)63-43-60(88)49(5)39-52(8)74(92)77(103-16)73(91)51(7)38-47(3)26-20-19-21-27-48(4)62(101-14)42-56-33-31-53(9)84(99,109-56)78(95)79(96)86-37-25-24-28-59(86)81(98)106-63/h19-21,26-27,34,39,47,50-53,55-57,59,61-67,71,74,77,92,99H,17-18,22-25,28-33,35-38,40-46H2,1-16H3/t47-,50-,51-,52?,53-,55+,56+,57?,59+,61-,62+,63+,64-,65-,66+,67-,71?,74-,77+,82+,83+,84-/m1/s1. The zero-order chi connectivity index (χ0) is 80.1. The highest BCUT2D eigenvalue weighted by molar-refractivity contribution is 6.47. The van der Waals surface area contributed by atoms with Crippen molar-refractivity contribution in [1.82, 2.24) is 9.80 Å². The first-order valence-corrected chi connectivity index (χ1v) is 39.7. The Labute approximate surface area is 643 Å². The van der Waals surface area contributed by atoms with E-state index in [1.807, 2.05) is 76.8 Å². The fraction of sp³-hybridized carbons (Fsp3) is 0.726. The van der Waals surface area contributed by atoms with E-state index in [0.717, 1.165) is 10.5 Å². The van der Waals surface area contributed by atoms with Crippen LogP contribution in [0.2, 0.25) is 0 Å². The van der Waals surface area contributed by atoms with Crippen LogP contribution in [0.4, 0.5) is 0 Å². The Morgan fingerprint density at radius 2 is 1.48 bits per heavy atom. The normalized spacial score (nSPS) is 36.0. The Balaban J connectivity index is 0.923. The van der Waals surface area contributed by atoms with Crippen LogP contribution in [-0.4, -0.2) is 219 Å². The van der Waals surface area contributed by atoms with Gasteiger partial charge in [-0.3, -0.25) is 47.9 Å². The average molecular weight is 1530 g/mol. The van der Waals surface area contributed by atoms with E-state index in [-0.39, 0.29) is 106 Å². The van der Waals surface area contributed by atoms with Gasteiger partial charge in [-0.15, -0.1) is 0 Å². The number of cyclic esters (lactones) is 2. The van der Waals surface area contributed by atoms with Crippen LogP contribution < -0.4 is 0 Å². The number of carbonyl (C=O) groups is 11. The molecule has 22 atom stereocenters. The second-order valence-electron chi connectivity index (χ2n) is 32.5. The number of unbranched alkanes of at least 4 members (excludes halogenated alkanes) is 1. The molecule has 0 aromatic heterocycles. The van der Waals surface area contributed by atoms with Crippen LogP contribution in [0.5, 0.6) is 0 Å². The van der Waals surface area contributed by atoms with Gasteiger partial charge in [0.15, 0.2) is 11.6 Å². The van der Waals surface area contributed by atoms with E-state index in [1.54, 1.807) is 53.9 Å². The Kier molecular flexibility index (Phi) is 31.2. The van der Waals surface area contributed by atoms with E-state index in [0.29, 0.717) is 82.0 Å². The lowest BCUT2D eigenvalue weighted by Crippen LogP contribution is -2.65. The van der Waals surface area contributed by atoms with Crippen molar-refractivity contribution >= 4 is 64.7 Å². The number of amides is 1. The SMILES string of the molecule is CCN(CC)CC1C(=O)O[C@H](COC)[C@]2(C)C3=C(C(=O)C(=O)C12)C1=CC[C@H](OC(=O)CCCCC(=O)O[C@@H]2CC[C@@H](C[C@@H](C)[C@@H]4CC(=O)C(C)=CC(C)[C@@H](O)[C@@H](OC)C(=O)[C@H](C)C[C@H](C)C=CC=CC=C(C)[C@@H](OC)C[C@@H]5CC[C@@H](C)[C@@](O)(O5)C(=O)C(=O)N5CCCC[C@H]5C(=O)O4)C[C@H]2OC)[C@@]1(C)C[C@H]3OC(C)=O. The van der Waals surface area contributed by atoms with Gasteiger partial charge in [0.2, 0.25) is 17.4 Å². The zero-order valence-corrected chi connectivity index (χ0v) is 67.1. The average Bonchev–Trinajstić information content (AvgIpc) is 1.67. The minimum absolute atomic E-state index is 0.0145. The number of ether oxygens (including phenoxy) is 10. The highest BCUT2D eigenvalue weighted by Crippen LogP contribution is 2.62. The number of ketones is 5. The van der Waals surface area contributed by atoms with Crippen molar-refractivity contribution in [3.05, 3.63) is 70.4 Å². The molecule has 8 aliphatic rings. The largest absolute Gasteiger partial charge is 0.461 e. The molecule has 0 aromatic carbocycles. The van der Waals surface area contributed by atoms with Crippen molar-refractivity contribution in [1.29, 1.82) is 0 Å². The highest BCUT2D eigenvalue weighted by Gasteiger charge is 2.68. The van der Waals surface area contributed by atoms with Gasteiger partial charge in [0.05, 0.1) is 42.9 Å². The third-order valence-corrected chi connectivity index (χ3v) is 24.9. The number of allylic oxidation sites excluding steroid dienone is 7. The van der Waals surface area contributed by atoms with E-state index < -0.39 is 178 Å². The van der Waals surface area contributed by atoms with Crippen molar-refractivity contribution in [2.75, 3.05) is 61.2 Å². The van der Waals surface area contributed by atoms with Crippen molar-refractivity contribution in [2.45, 2.75) is 272 Å². The second kappa shape index (κ2) is 38.7. The van der Waals surface area contributed by atoms with Gasteiger partial charge in [-0.05, 0) is 144 Å². The summed E-state index contributed by atoms with van der Waals surface area (Å²) >= 11 is 0. The van der Waals surface area contributed by atoms with Crippen molar-refractivity contribution in [3.63, 3.8) is 0 Å². The number of aliphatic hydroxyl groups excluding tert-OH is 1. The number of hydrogen-bond acceptors (Lipinski definition) is 24. The molecule has 0 spiro atoms. The van der Waals surface area contributed by atoms with Crippen molar-refractivity contribution in [2.24, 2.45) is 58.2 Å². The van der Waals surface area contributed by atoms with E-state index in [9.17, 15) is 63.0 Å². The number of piperidine rings is 1. The molecule has 0 aromatic rings. The van der Waals surface area contributed by atoms with Crippen LogP contribution in [0.1, 0.15) is 199 Å². The quantitative estimate of drug-likeness (QED) is 0.0496. The van der Waals surface area contributed by atoms with Crippen LogP contribution in [0.15, 0.2) is 70.4 Å². The lowest BCUT2D eigenvalue weighted by atomic mass is 9.50. The summed E-state index contributed by atoms with van der Waals surface area (Å²) in [7, 11) is 5.90. The van der Waals surface area contributed by atoms with E-state index in [2.05, 4.69) is 0 Å². The summed E-state index contributed by atoms with van der Waals surface area (Å²) in [6, 6.07) is -1.25. The Hall–Kier alpha value is -6.71. The van der Waals surface area contributed by atoms with Crippen LogP contribution in [0.25, 0.3) is 0 Å². The van der Waals surface area contributed by atoms with Crippen LogP contribution in [0, 0.1) is 58.2 Å². The molecule has 1 saturated carbocycles. The predicted octanol–water partition coefficient (Wildman–Crippen LogP) is 9.48. The van der Waals surface area contributed by atoms with Crippen LogP contribution in [0.3, 0.4) is 0 Å². The summed E-state index contributed by atoms with van der Waals surface area (Å²) in [6.45, 7) is 22.5. The number of fused-ring (bicyclic) bond motifs is 7. The molecular formula is C84H122N2O23. The number of hydrogen-bond donors (Lipinski definition) is 2. The van der Waals surface area contributed by atoms with Gasteiger partial charge in [0.1, 0.15) is 42.7 Å². The minimum Gasteiger partial charge on any atom is -0.461 e. The predicted molar refractivity (Wildman–Crippen MR) is 400 cm³/mol. The van der Waals surface area contributed by atoms with Crippen LogP contribution in [-0.2, 0) is 100 Å². The van der Waals surface area contributed by atoms with Gasteiger partial charge in [0, 0.05) is 121 Å². The van der Waals surface area contributed by atoms with Crippen LogP contribution >= 0.6 is 0 Å². The van der Waals surface area contributed by atoms with E-state index in [1.165, 1.54) is 28.3 Å². The lowest BCUT2D eigenvalue weighted by molar-refractivity contribution is -0.265. The number of methoxy groups -OCH3 is 4. The van der Waals surface area contributed by atoms with E-state index in [4.69, 9.17) is 47.4 Å². The summed E-state index contributed by atoms with van der Waals surface area (Å²) in [5, 5.41) is 23.9. The summed E-state index contributed by atoms with van der Waals surface area (Å²) in [6.07, 6.45) is 8.99. The molecule has 4 aliphatic heterocycles. The molecule has 606 valence electrons. The van der Waals surface area contributed by atoms with Gasteiger partial charge >= 0.3 is 29.8 Å². The van der Waals surface area contributed by atoms with Crippen molar-refractivity contribution < 1.29 is 110 Å². The molecule has 3 saturated heterocycles. The molecule has 1 amide bonds. The topological polar surface area (TPSA) is 327 Å². The smallest absolute Gasteiger partial charge is 0.329 e. The van der Waals surface area contributed by atoms with Gasteiger partial charge in [-0.25, -0.2) is 4.79 Å². The fourth-order valence-electron chi connectivity index (χ4n) is 18.4. The maximum atomic E-state index is 14.8. The molecule has 4 aliphatic carbocycles. The third-order valence-electron chi connectivity index (χ3n) is 24.9. The Morgan fingerprint density at radius 3 is 2.13 bits per heavy atom. The summed E-state index contributed by atoms with van der Waals surface area (Å²) in [5.74, 6) is -14.9. The molecule has 25 heteroatoms. The molecule has 0 radical (unpaired) electrons. The first kappa shape index (κ1) is 87.9. The zero-order valence-electron chi connectivity index (χ0n) is 67.1. The number of Topliss-reactive ketones (excluding diaryl/α,β-unsaturated/α-hetero) is 5. The first-order chi connectivity index (χ1) is 51.6. The number of nitrogens with zero attached hydrogens (tertiary/aromatic N) is 2. The van der Waals surface area contributed by atoms with Gasteiger partial charge < -0.3 is 67.4 Å². The Morgan fingerprint density at radius 1 is 0.780 bits per heavy atom. The monoisotopic (exact) mass is 1530 g/mol. The summed E-state index contributed by atoms with van der Waals surface area (Å²) in [4.78, 5) is 159. The lowest BCUT2D eigenvalue weighted by Gasteiger charge is -2.56. The first-order valence-electron chi connectivity index (χ1n) is 39.7. The molecule has 4 heterocycles. The molecule has 2 bridgehead atoms. The van der Waals surface area contributed by atoms with Crippen molar-refractivity contribution in [3.8, 4) is 0 Å². The number of esters is 5. The van der Waals surface area contributed by atoms with E-state index >= 15 is 0 Å². The molecule has 109 heavy (non-hydrogen) atoms. The molecule has 4 fully saturated rings. The molecular weight excluding hydrogens is 1400 g/mol. The molecule has 8 rings (SSSR count). The molecule has 3 unspecified atom stereocenters. The van der Waals surface area contributed by atoms with Gasteiger partial charge in [-0.1, -0.05) is 105 Å².